The van der Waals surface area contributed by atoms with Crippen molar-refractivity contribution in [2.45, 2.75) is 32.9 Å². The number of nitrogens with one attached hydrogen (secondary N) is 3. The molecule has 20 heavy (non-hydrogen) atoms. The van der Waals surface area contributed by atoms with E-state index in [1.54, 1.807) is 0 Å². The third-order valence-electron chi connectivity index (χ3n) is 3.11. The predicted molar refractivity (Wildman–Crippen MR) is 75.6 cm³/mol. The molecule has 1 unspecified atom stereocenters. The van der Waals surface area contributed by atoms with Gasteiger partial charge in [-0.05, 0) is 5.92 Å². The topological polar surface area (TPSA) is 122 Å². The van der Waals surface area contributed by atoms with Gasteiger partial charge in [0.25, 0.3) is 5.56 Å². The zero-order chi connectivity index (χ0) is 14.9. The molecule has 2 heterocycles. The molecule has 0 aromatic carbocycles. The van der Waals surface area contributed by atoms with E-state index in [1.807, 2.05) is 13.8 Å². The molecule has 5 N–H and O–H groups in total. The lowest BCUT2D eigenvalue weighted by Crippen LogP contribution is -2.37. The van der Waals surface area contributed by atoms with E-state index in [2.05, 4.69) is 15.6 Å². The van der Waals surface area contributed by atoms with Crippen LogP contribution < -0.4 is 27.6 Å². The van der Waals surface area contributed by atoms with Gasteiger partial charge < -0.3 is 16.4 Å². The molecule has 0 aliphatic carbocycles. The van der Waals surface area contributed by atoms with Gasteiger partial charge in [0.2, 0.25) is 5.91 Å². The van der Waals surface area contributed by atoms with Crippen LogP contribution in [0.2, 0.25) is 0 Å². The fraction of sp³-hybridized carbons (Fsp3) is 0.583. The number of anilines is 2. The monoisotopic (exact) mass is 281 g/mol. The van der Waals surface area contributed by atoms with Crippen LogP contribution in [0.5, 0.6) is 0 Å². The highest BCUT2D eigenvalue weighted by molar-refractivity contribution is 5.80. The van der Waals surface area contributed by atoms with E-state index in [0.717, 1.165) is 0 Å². The number of amides is 1. The van der Waals surface area contributed by atoms with Crippen LogP contribution in [-0.4, -0.2) is 28.0 Å². The van der Waals surface area contributed by atoms with Crippen molar-refractivity contribution in [3.8, 4) is 0 Å². The summed E-state index contributed by atoms with van der Waals surface area (Å²) >= 11 is 0. The minimum atomic E-state index is -0.563. The molecule has 0 spiro atoms. The molecular weight excluding hydrogens is 262 g/mol. The van der Waals surface area contributed by atoms with E-state index < -0.39 is 11.2 Å². The zero-order valence-corrected chi connectivity index (χ0v) is 11.5. The van der Waals surface area contributed by atoms with Crippen molar-refractivity contribution in [1.82, 2.24) is 14.9 Å². The smallest absolute Gasteiger partial charge is 0.330 e. The first-order chi connectivity index (χ1) is 9.38. The molecule has 1 aliphatic heterocycles. The number of aromatic nitrogens is 2. The van der Waals surface area contributed by atoms with Gasteiger partial charge in [0, 0.05) is 19.5 Å². The molecule has 8 heteroatoms. The molecular formula is C12H19N5O3. The largest absolute Gasteiger partial charge is 0.383 e. The molecule has 1 aliphatic rings. The van der Waals surface area contributed by atoms with E-state index in [0.29, 0.717) is 13.1 Å². The van der Waals surface area contributed by atoms with Gasteiger partial charge in [0.05, 0.1) is 6.04 Å². The molecule has 1 saturated heterocycles. The maximum atomic E-state index is 11.9. The van der Waals surface area contributed by atoms with Crippen LogP contribution in [0.4, 0.5) is 11.5 Å². The summed E-state index contributed by atoms with van der Waals surface area (Å²) in [5.74, 6) is 0.239. The zero-order valence-electron chi connectivity index (χ0n) is 11.5. The molecule has 1 amide bonds. The van der Waals surface area contributed by atoms with Crippen LogP contribution in [0.15, 0.2) is 9.59 Å². The summed E-state index contributed by atoms with van der Waals surface area (Å²) in [5, 5.41) is 5.60. The second-order valence-electron chi connectivity index (χ2n) is 5.37. The number of carbonyl (C=O) groups excluding carboxylic acids is 1. The summed E-state index contributed by atoms with van der Waals surface area (Å²) in [6.07, 6.45) is 0.280. The van der Waals surface area contributed by atoms with Crippen molar-refractivity contribution in [1.29, 1.82) is 0 Å². The molecule has 1 aromatic rings. The average molecular weight is 281 g/mol. The number of hydrogen-bond acceptors (Lipinski definition) is 5. The lowest BCUT2D eigenvalue weighted by Gasteiger charge is -2.17. The van der Waals surface area contributed by atoms with Gasteiger partial charge in [0.1, 0.15) is 11.5 Å². The summed E-state index contributed by atoms with van der Waals surface area (Å²) in [6.45, 7) is 4.74. The van der Waals surface area contributed by atoms with E-state index in [1.165, 1.54) is 4.57 Å². The van der Waals surface area contributed by atoms with Crippen molar-refractivity contribution in [2.75, 3.05) is 17.6 Å². The Bertz CT molecular complexity index is 631. The second kappa shape index (κ2) is 5.40. The molecule has 110 valence electrons. The fourth-order valence-corrected chi connectivity index (χ4v) is 2.19. The van der Waals surface area contributed by atoms with Crippen LogP contribution >= 0.6 is 0 Å². The van der Waals surface area contributed by atoms with Gasteiger partial charge in [-0.3, -0.25) is 19.1 Å². The van der Waals surface area contributed by atoms with Crippen molar-refractivity contribution < 1.29 is 4.79 Å². The lowest BCUT2D eigenvalue weighted by molar-refractivity contribution is -0.119. The van der Waals surface area contributed by atoms with Crippen LogP contribution in [-0.2, 0) is 11.3 Å². The highest BCUT2D eigenvalue weighted by atomic mass is 16.2. The Kier molecular flexibility index (Phi) is 3.82. The van der Waals surface area contributed by atoms with Gasteiger partial charge >= 0.3 is 5.69 Å². The van der Waals surface area contributed by atoms with E-state index in [-0.39, 0.29) is 35.8 Å². The number of H-pyrrole nitrogens is 1. The highest BCUT2D eigenvalue weighted by Crippen LogP contribution is 2.15. The lowest BCUT2D eigenvalue weighted by atomic mass is 10.2. The van der Waals surface area contributed by atoms with Gasteiger partial charge in [-0.25, -0.2) is 4.79 Å². The quantitative estimate of drug-likeness (QED) is 0.568. The van der Waals surface area contributed by atoms with Crippen LogP contribution in [0.3, 0.4) is 0 Å². The molecule has 2 rings (SSSR count). The number of rotatable bonds is 4. The Morgan fingerprint density at radius 1 is 1.40 bits per heavy atom. The number of nitrogens with two attached hydrogens (primary N) is 1. The van der Waals surface area contributed by atoms with Gasteiger partial charge in [-0.2, -0.15) is 0 Å². The van der Waals surface area contributed by atoms with Gasteiger partial charge in [-0.15, -0.1) is 0 Å². The standard InChI is InChI=1S/C12H19N5O3/c1-6(2)5-17-10(13)9(11(19)16-12(17)20)15-7-3-8(18)14-4-7/h6-7,15H,3-5,13H2,1-2H3,(H,14,18)(H,16,19,20). The minimum absolute atomic E-state index is 0.0759. The first kappa shape index (κ1) is 14.2. The highest BCUT2D eigenvalue weighted by Gasteiger charge is 2.23. The Labute approximate surface area is 115 Å². The first-order valence-electron chi connectivity index (χ1n) is 6.54. The van der Waals surface area contributed by atoms with Crippen molar-refractivity contribution in [2.24, 2.45) is 5.92 Å². The summed E-state index contributed by atoms with van der Waals surface area (Å²) in [5.41, 5.74) is 4.98. The van der Waals surface area contributed by atoms with Crippen LogP contribution in [0.1, 0.15) is 20.3 Å². The Morgan fingerprint density at radius 2 is 2.10 bits per heavy atom. The summed E-state index contributed by atoms with van der Waals surface area (Å²) < 4.78 is 1.33. The Morgan fingerprint density at radius 3 is 2.65 bits per heavy atom. The molecule has 1 fully saturated rings. The summed E-state index contributed by atoms with van der Waals surface area (Å²) in [7, 11) is 0. The number of nitrogens with zero attached hydrogens (tertiary/aromatic N) is 1. The Balaban J connectivity index is 2.35. The van der Waals surface area contributed by atoms with Gasteiger partial charge in [-0.1, -0.05) is 13.8 Å². The molecule has 0 bridgehead atoms. The van der Waals surface area contributed by atoms with Crippen LogP contribution in [0.25, 0.3) is 0 Å². The number of hydrogen-bond donors (Lipinski definition) is 4. The van der Waals surface area contributed by atoms with E-state index >= 15 is 0 Å². The summed E-state index contributed by atoms with van der Waals surface area (Å²) in [6, 6.07) is -0.198. The summed E-state index contributed by atoms with van der Waals surface area (Å²) in [4.78, 5) is 37.0. The number of carbonyl (C=O) groups is 1. The first-order valence-corrected chi connectivity index (χ1v) is 6.54. The molecule has 0 saturated carbocycles. The van der Waals surface area contributed by atoms with Crippen molar-refractivity contribution in [3.05, 3.63) is 20.8 Å². The van der Waals surface area contributed by atoms with E-state index in [4.69, 9.17) is 5.73 Å². The minimum Gasteiger partial charge on any atom is -0.383 e. The van der Waals surface area contributed by atoms with Crippen LogP contribution in [0, 0.1) is 5.92 Å². The maximum absolute atomic E-state index is 11.9. The molecule has 0 radical (unpaired) electrons. The molecule has 1 aromatic heterocycles. The normalized spacial score (nSPS) is 18.4. The second-order valence-corrected chi connectivity index (χ2v) is 5.37. The van der Waals surface area contributed by atoms with Crippen molar-refractivity contribution >= 4 is 17.4 Å². The molecule has 1 atom stereocenters. The van der Waals surface area contributed by atoms with E-state index in [9.17, 15) is 14.4 Å². The molecule has 8 nitrogen and oxygen atoms in total. The number of nitrogen functional groups attached to an aromatic ring is 1. The van der Waals surface area contributed by atoms with Gasteiger partial charge in [0.15, 0.2) is 0 Å². The maximum Gasteiger partial charge on any atom is 0.330 e. The predicted octanol–water partition coefficient (Wildman–Crippen LogP) is -0.925. The Hall–Kier alpha value is -2.25. The SMILES string of the molecule is CC(C)Cn1c(N)c(NC2CNC(=O)C2)c(=O)[nH]c1=O. The third-order valence-corrected chi connectivity index (χ3v) is 3.11. The fourth-order valence-electron chi connectivity index (χ4n) is 2.19. The third kappa shape index (κ3) is 2.84. The van der Waals surface area contributed by atoms with Crippen molar-refractivity contribution in [3.63, 3.8) is 0 Å². The average Bonchev–Trinajstić information content (AvgIpc) is 2.75. The number of aromatic amines is 1.